The van der Waals surface area contributed by atoms with Crippen LogP contribution in [-0.2, 0) is 33.1 Å². The minimum absolute atomic E-state index is 0.0386. The Labute approximate surface area is 330 Å². The number of halogens is 4. The van der Waals surface area contributed by atoms with E-state index in [1.165, 1.54) is 19.7 Å². The zero-order valence-electron chi connectivity index (χ0n) is 31.8. The average Bonchev–Trinajstić information content (AvgIpc) is 3.93. The molecule has 5 heterocycles. The molecule has 8 rings (SSSR count). The van der Waals surface area contributed by atoms with Gasteiger partial charge in [-0.15, -0.1) is 0 Å². The predicted octanol–water partition coefficient (Wildman–Crippen LogP) is 5.32. The maximum atomic E-state index is 13.9. The summed E-state index contributed by atoms with van der Waals surface area (Å²) in [6.45, 7) is 4.80. The van der Waals surface area contributed by atoms with E-state index in [1.807, 2.05) is 30.3 Å². The summed E-state index contributed by atoms with van der Waals surface area (Å²) >= 11 is 7.01. The van der Waals surface area contributed by atoms with E-state index in [1.54, 1.807) is 31.1 Å². The molecule has 300 valence electrons. The van der Waals surface area contributed by atoms with Crippen LogP contribution < -0.4 is 31.9 Å². The third-order valence-corrected chi connectivity index (χ3v) is 11.3. The Bertz CT molecular complexity index is 2520. The molecule has 2 saturated heterocycles. The molecule has 2 aliphatic heterocycles. The fourth-order valence-corrected chi connectivity index (χ4v) is 8.20. The summed E-state index contributed by atoms with van der Waals surface area (Å²) in [5, 5.41) is 18.2. The number of hydrogen-bond acceptors (Lipinski definition) is 9. The second-order valence-electron chi connectivity index (χ2n) is 14.5. The summed E-state index contributed by atoms with van der Waals surface area (Å²) in [4.78, 5) is 47.3. The molecule has 0 bridgehead atoms. The first-order valence-corrected chi connectivity index (χ1v) is 18.8. The van der Waals surface area contributed by atoms with Crippen molar-refractivity contribution in [1.29, 1.82) is 0 Å². The van der Waals surface area contributed by atoms with Gasteiger partial charge in [0.1, 0.15) is 16.9 Å². The van der Waals surface area contributed by atoms with Gasteiger partial charge in [-0.3, -0.25) is 13.9 Å². The number of nitrogens with one attached hydrogen (secondary N) is 3. The number of aliphatic hydroxyl groups excluding tert-OH is 1. The number of pyridine rings is 2. The molecule has 2 amide bonds. The molecule has 0 saturated carbocycles. The SMILES string of the molecule is COc1nc(-c2cccc(-c3cccc(Nc4nc(C(F)(F)F)cc5c4c(=O)n(C)c(=O)n5C)c3C)c2Cl)cc2c1CCC2.O=C1NC2(CCNC2)CN1CCO. The molecule has 13 nitrogen and oxygen atoms in total. The van der Waals surface area contributed by atoms with Crippen molar-refractivity contribution in [2.75, 3.05) is 45.2 Å². The normalized spacial score (nSPS) is 17.5. The van der Waals surface area contributed by atoms with E-state index in [-0.39, 0.29) is 34.9 Å². The molecule has 1 unspecified atom stereocenters. The Kier molecular flexibility index (Phi) is 10.8. The number of benzene rings is 2. The van der Waals surface area contributed by atoms with Crippen LogP contribution in [0.4, 0.5) is 29.5 Å². The third-order valence-electron chi connectivity index (χ3n) is 10.9. The number of rotatable bonds is 7. The second-order valence-corrected chi connectivity index (χ2v) is 14.9. The fraction of sp³-hybridized carbons (Fsp3) is 0.375. The number of β-amino-alcohol motifs (C(OH)–C–C–N with tert-alkyl or cyclic N) is 1. The van der Waals surface area contributed by atoms with Gasteiger partial charge in [0.05, 0.1) is 35.5 Å². The van der Waals surface area contributed by atoms with Gasteiger partial charge in [0.25, 0.3) is 5.56 Å². The standard InChI is InChI=1S/C32H27ClF3N5O3.C8H15N3O2/c1-16-18(20-11-6-12-21(27(20)33)23-14-17-8-5-10-19(17)29(38-23)44-4)9-7-13-22(16)37-28-26-24(15-25(39-28)32(34,35)36)40(2)31(43)41(3)30(26)42;12-4-3-11-6-8(10-7(11)13)1-2-9-5-8/h6-7,9,11-15H,5,8,10H2,1-4H3,(H,37,39);9,12H,1-6H2,(H,10,13). The van der Waals surface area contributed by atoms with Crippen molar-refractivity contribution in [3.05, 3.63) is 96.8 Å². The van der Waals surface area contributed by atoms with Crippen LogP contribution in [-0.4, -0.2) is 80.6 Å². The molecule has 3 aliphatic rings. The van der Waals surface area contributed by atoms with Gasteiger partial charge in [-0.05, 0) is 74.0 Å². The first-order chi connectivity index (χ1) is 27.2. The highest BCUT2D eigenvalue weighted by Crippen LogP contribution is 2.41. The van der Waals surface area contributed by atoms with E-state index in [0.717, 1.165) is 60.0 Å². The number of ether oxygens (including phenoxy) is 1. The van der Waals surface area contributed by atoms with Gasteiger partial charge in [-0.2, -0.15) is 13.2 Å². The zero-order chi connectivity index (χ0) is 40.8. The average molecular weight is 807 g/mol. The Morgan fingerprint density at radius 2 is 1.75 bits per heavy atom. The molecular formula is C40H42ClF3N8O5. The smallest absolute Gasteiger partial charge is 0.433 e. The third kappa shape index (κ3) is 7.44. The van der Waals surface area contributed by atoms with E-state index in [2.05, 4.69) is 20.9 Å². The molecule has 4 N–H and O–H groups in total. The summed E-state index contributed by atoms with van der Waals surface area (Å²) in [6, 6.07) is 13.6. The number of anilines is 2. The number of hydrogen-bond donors (Lipinski definition) is 4. The van der Waals surface area contributed by atoms with Crippen LogP contribution in [0.5, 0.6) is 5.88 Å². The summed E-state index contributed by atoms with van der Waals surface area (Å²) < 4.78 is 49.0. The number of aliphatic hydroxyl groups is 1. The number of amides is 2. The molecule has 3 aromatic heterocycles. The Morgan fingerprint density at radius 3 is 2.46 bits per heavy atom. The van der Waals surface area contributed by atoms with Gasteiger partial charge in [0.15, 0.2) is 0 Å². The Morgan fingerprint density at radius 1 is 1.02 bits per heavy atom. The number of carbonyl (C=O) groups excluding carboxylic acids is 1. The first-order valence-electron chi connectivity index (χ1n) is 18.5. The van der Waals surface area contributed by atoms with Crippen molar-refractivity contribution >= 4 is 40.0 Å². The number of aryl methyl sites for hydroxylation is 2. The van der Waals surface area contributed by atoms with Gasteiger partial charge in [-0.1, -0.05) is 41.9 Å². The van der Waals surface area contributed by atoms with Crippen LogP contribution in [0, 0.1) is 6.92 Å². The number of fused-ring (bicyclic) bond motifs is 2. The van der Waals surface area contributed by atoms with Crippen LogP contribution in [0.3, 0.4) is 0 Å². The number of urea groups is 1. The van der Waals surface area contributed by atoms with E-state index in [9.17, 15) is 27.6 Å². The highest BCUT2D eigenvalue weighted by Gasteiger charge is 2.44. The molecule has 2 fully saturated rings. The number of alkyl halides is 3. The summed E-state index contributed by atoms with van der Waals surface area (Å²) in [5.41, 5.74) is 3.14. The minimum Gasteiger partial charge on any atom is -0.481 e. The molecule has 1 atom stereocenters. The quantitative estimate of drug-likeness (QED) is 0.171. The van der Waals surface area contributed by atoms with Crippen LogP contribution >= 0.6 is 11.6 Å². The number of carbonyl (C=O) groups is 1. The van der Waals surface area contributed by atoms with Gasteiger partial charge in [0.2, 0.25) is 5.88 Å². The lowest BCUT2D eigenvalue weighted by atomic mass is 9.96. The van der Waals surface area contributed by atoms with Crippen molar-refractivity contribution in [1.82, 2.24) is 34.6 Å². The maximum absolute atomic E-state index is 13.9. The molecule has 57 heavy (non-hydrogen) atoms. The number of methoxy groups -OCH3 is 1. The zero-order valence-corrected chi connectivity index (χ0v) is 32.6. The Hall–Kier alpha value is -5.45. The highest BCUT2D eigenvalue weighted by atomic mass is 35.5. The van der Waals surface area contributed by atoms with Crippen molar-refractivity contribution in [3.8, 4) is 28.3 Å². The molecule has 0 radical (unpaired) electrons. The highest BCUT2D eigenvalue weighted by molar-refractivity contribution is 6.36. The molecule has 1 aliphatic carbocycles. The van der Waals surface area contributed by atoms with E-state index in [4.69, 9.17) is 26.4 Å². The minimum atomic E-state index is -4.82. The van der Waals surface area contributed by atoms with Crippen LogP contribution in [0.2, 0.25) is 5.02 Å². The van der Waals surface area contributed by atoms with E-state index < -0.39 is 23.1 Å². The number of nitrogens with zero attached hydrogens (tertiary/aromatic N) is 5. The molecule has 17 heteroatoms. The van der Waals surface area contributed by atoms with Crippen LogP contribution in [0.25, 0.3) is 33.3 Å². The molecular weight excluding hydrogens is 765 g/mol. The van der Waals surface area contributed by atoms with Gasteiger partial charge in [-0.25, -0.2) is 19.6 Å². The summed E-state index contributed by atoms with van der Waals surface area (Å²) in [7, 11) is 4.17. The Balaban J connectivity index is 0.000000322. The molecule has 1 spiro atoms. The second kappa shape index (κ2) is 15.5. The topological polar surface area (TPSA) is 156 Å². The lowest BCUT2D eigenvalue weighted by molar-refractivity contribution is -0.141. The fourth-order valence-electron chi connectivity index (χ4n) is 7.87. The lowest BCUT2D eigenvalue weighted by Gasteiger charge is -2.20. The van der Waals surface area contributed by atoms with Crippen LogP contribution in [0.15, 0.2) is 58.1 Å². The summed E-state index contributed by atoms with van der Waals surface area (Å²) in [5.74, 6) is 0.267. The molecule has 5 aromatic rings. The van der Waals surface area contributed by atoms with Crippen molar-refractivity contribution in [2.45, 2.75) is 44.3 Å². The largest absolute Gasteiger partial charge is 0.481 e. The monoisotopic (exact) mass is 806 g/mol. The van der Waals surface area contributed by atoms with Gasteiger partial charge < -0.3 is 30.7 Å². The van der Waals surface area contributed by atoms with Crippen LogP contribution in [0.1, 0.15) is 35.2 Å². The maximum Gasteiger partial charge on any atom is 0.433 e. The van der Waals surface area contributed by atoms with E-state index in [0.29, 0.717) is 57.1 Å². The van der Waals surface area contributed by atoms with E-state index >= 15 is 0 Å². The van der Waals surface area contributed by atoms with Gasteiger partial charge in [0, 0.05) is 56.1 Å². The summed E-state index contributed by atoms with van der Waals surface area (Å²) in [6.07, 6.45) is -0.957. The van der Waals surface area contributed by atoms with Gasteiger partial charge >= 0.3 is 17.9 Å². The van der Waals surface area contributed by atoms with Crippen molar-refractivity contribution in [3.63, 3.8) is 0 Å². The van der Waals surface area contributed by atoms with Crippen molar-refractivity contribution in [2.24, 2.45) is 14.1 Å². The molecule has 2 aromatic carbocycles. The predicted molar refractivity (Wildman–Crippen MR) is 211 cm³/mol. The van der Waals surface area contributed by atoms with Crippen molar-refractivity contribution < 1.29 is 27.8 Å². The number of aromatic nitrogens is 4. The lowest BCUT2D eigenvalue weighted by Crippen LogP contribution is -2.45. The first kappa shape index (κ1) is 39.8.